The third kappa shape index (κ3) is 8.81. The first-order valence-electron chi connectivity index (χ1n) is 19.0. The molecule has 0 spiro atoms. The van der Waals surface area contributed by atoms with Gasteiger partial charge in [-0.3, -0.25) is 19.2 Å². The van der Waals surface area contributed by atoms with Crippen LogP contribution in [0.5, 0.6) is 5.88 Å². The van der Waals surface area contributed by atoms with E-state index in [1.165, 1.54) is 4.90 Å². The average Bonchev–Trinajstić information content (AvgIpc) is 4.06. The number of nitriles is 1. The lowest BCUT2D eigenvalue weighted by molar-refractivity contribution is -0.161. The molecule has 3 aromatic rings. The molecule has 1 aromatic heterocycles. The summed E-state index contributed by atoms with van der Waals surface area (Å²) in [6.07, 6.45) is 1.83. The molecule has 1 aliphatic heterocycles. The number of carbonyl (C=O) groups excluding carboxylic acids is 4. The number of benzene rings is 2. The SMILES string of the molecule is C=C[C@@H]1C[C@]1(NC(=O)[C@@H]1C[C@@H](Oc2nc(-c3ccc(C#N)cc3)cc3ccccc23)CN1C(=O)[C@@H](CC(=O)OC(C)(C)C)C(C)(C)C)C(=O)CS(=O)(=O)C1CC1. The van der Waals surface area contributed by atoms with E-state index in [1.54, 1.807) is 51.1 Å². The summed E-state index contributed by atoms with van der Waals surface area (Å²) >= 11 is 0. The predicted octanol–water partition coefficient (Wildman–Crippen LogP) is 5.72. The van der Waals surface area contributed by atoms with Gasteiger partial charge in [-0.15, -0.1) is 6.58 Å². The van der Waals surface area contributed by atoms with Gasteiger partial charge in [0, 0.05) is 23.3 Å². The van der Waals surface area contributed by atoms with Crippen molar-refractivity contribution in [1.29, 1.82) is 5.26 Å². The number of nitrogens with one attached hydrogen (secondary N) is 1. The number of rotatable bonds is 13. The van der Waals surface area contributed by atoms with Crippen molar-refractivity contribution >= 4 is 44.2 Å². The summed E-state index contributed by atoms with van der Waals surface area (Å²) in [5.41, 5.74) is -1.10. The molecule has 3 fully saturated rings. The maximum atomic E-state index is 14.7. The Morgan fingerprint density at radius 3 is 2.34 bits per heavy atom. The Bertz CT molecular complexity index is 2210. The number of likely N-dealkylation sites (tertiary alicyclic amines) is 1. The van der Waals surface area contributed by atoms with Gasteiger partial charge in [-0.05, 0) is 75.1 Å². The predicted molar refractivity (Wildman–Crippen MR) is 211 cm³/mol. The van der Waals surface area contributed by atoms with Gasteiger partial charge in [-0.1, -0.05) is 57.2 Å². The van der Waals surface area contributed by atoms with Crippen molar-refractivity contribution in [2.24, 2.45) is 17.3 Å². The van der Waals surface area contributed by atoms with Crippen molar-refractivity contribution in [2.75, 3.05) is 12.3 Å². The molecule has 1 saturated heterocycles. The minimum Gasteiger partial charge on any atom is -0.472 e. The number of aromatic nitrogens is 1. The molecular formula is C43H50N4O8S. The zero-order chi connectivity index (χ0) is 40.8. The van der Waals surface area contributed by atoms with E-state index in [0.717, 1.165) is 10.9 Å². The van der Waals surface area contributed by atoms with Crippen LogP contribution in [0.4, 0.5) is 0 Å². The maximum absolute atomic E-state index is 14.7. The van der Waals surface area contributed by atoms with E-state index in [4.69, 9.17) is 14.5 Å². The summed E-state index contributed by atoms with van der Waals surface area (Å²) < 4.78 is 38.0. The standard InChI is InChI=1S/C43H50N4O8S/c1-8-29-22-43(29,36(48)25-56(52,53)31-17-18-31)46-38(50)35-20-30(24-47(35)40(51)33(41(2,3)4)21-37(49)55-42(5,6)7)54-39-32-12-10-9-11-28(32)19-34(45-39)27-15-13-26(23-44)14-16-27/h8-16,19,29-31,33,35H,1,17-18,20-22,24-25H2,2-7H3,(H,46,50)/t29-,30-,33-,35+,43-/m1/s1. The van der Waals surface area contributed by atoms with E-state index in [0.29, 0.717) is 29.5 Å². The monoisotopic (exact) mass is 782 g/mol. The summed E-state index contributed by atoms with van der Waals surface area (Å²) in [5, 5.41) is 13.2. The molecule has 2 heterocycles. The number of hydrogen-bond donors (Lipinski definition) is 1. The molecule has 2 amide bonds. The fourth-order valence-corrected chi connectivity index (χ4v) is 9.15. The first-order valence-corrected chi connectivity index (χ1v) is 20.7. The Morgan fingerprint density at radius 1 is 1.07 bits per heavy atom. The highest BCUT2D eigenvalue weighted by Crippen LogP contribution is 2.47. The molecule has 2 aliphatic carbocycles. The fraction of sp³-hybridized carbons (Fsp3) is 0.488. The molecule has 13 heteroatoms. The van der Waals surface area contributed by atoms with E-state index in [-0.39, 0.29) is 31.7 Å². The highest BCUT2D eigenvalue weighted by atomic mass is 32.2. The lowest BCUT2D eigenvalue weighted by Gasteiger charge is -2.35. The van der Waals surface area contributed by atoms with Gasteiger partial charge in [-0.2, -0.15) is 5.26 Å². The maximum Gasteiger partial charge on any atom is 0.307 e. The van der Waals surface area contributed by atoms with Crippen LogP contribution in [0.2, 0.25) is 0 Å². The Hall–Kier alpha value is -5.09. The minimum atomic E-state index is -3.67. The van der Waals surface area contributed by atoms with Crippen LogP contribution in [0, 0.1) is 28.6 Å². The van der Waals surface area contributed by atoms with Crippen molar-refractivity contribution in [2.45, 2.75) is 102 Å². The third-order valence-corrected chi connectivity index (χ3v) is 12.9. The first kappa shape index (κ1) is 40.6. The number of amides is 2. The Kier molecular flexibility index (Phi) is 10.9. The number of hydrogen-bond acceptors (Lipinski definition) is 10. The quantitative estimate of drug-likeness (QED) is 0.167. The zero-order valence-corrected chi connectivity index (χ0v) is 33.6. The molecule has 2 aromatic carbocycles. The summed E-state index contributed by atoms with van der Waals surface area (Å²) in [5.74, 6) is -3.98. The molecule has 2 saturated carbocycles. The first-order chi connectivity index (χ1) is 26.2. The van der Waals surface area contributed by atoms with Gasteiger partial charge < -0.3 is 19.7 Å². The van der Waals surface area contributed by atoms with Crippen LogP contribution in [0.3, 0.4) is 0 Å². The Balaban J connectivity index is 1.33. The van der Waals surface area contributed by atoms with Crippen molar-refractivity contribution in [3.63, 3.8) is 0 Å². The molecule has 296 valence electrons. The van der Waals surface area contributed by atoms with Gasteiger partial charge in [0.15, 0.2) is 15.6 Å². The number of Topliss-reactive ketones (excluding diaryl/α,β-unsaturated/α-hetero) is 1. The summed E-state index contributed by atoms with van der Waals surface area (Å²) in [7, 11) is -3.67. The number of nitrogens with zero attached hydrogens (tertiary/aromatic N) is 3. The third-order valence-electron chi connectivity index (χ3n) is 10.8. The van der Waals surface area contributed by atoms with Crippen molar-refractivity contribution in [3.05, 3.63) is 72.8 Å². The van der Waals surface area contributed by atoms with Crippen molar-refractivity contribution in [1.82, 2.24) is 15.2 Å². The van der Waals surface area contributed by atoms with Crippen molar-refractivity contribution in [3.8, 4) is 23.2 Å². The minimum absolute atomic E-state index is 0.0291. The average molecular weight is 783 g/mol. The van der Waals surface area contributed by atoms with Gasteiger partial charge in [0.2, 0.25) is 17.7 Å². The van der Waals surface area contributed by atoms with Crippen LogP contribution in [-0.4, -0.2) is 82.7 Å². The second-order valence-electron chi connectivity index (χ2n) is 17.4. The molecule has 0 radical (unpaired) electrons. The van der Waals surface area contributed by atoms with Crippen LogP contribution in [0.15, 0.2) is 67.3 Å². The van der Waals surface area contributed by atoms with Crippen LogP contribution >= 0.6 is 0 Å². The molecule has 12 nitrogen and oxygen atoms in total. The van der Waals surface area contributed by atoms with Crippen molar-refractivity contribution < 1.29 is 37.1 Å². The number of esters is 1. The topological polar surface area (TPSA) is 173 Å². The molecule has 0 unspecified atom stereocenters. The lowest BCUT2D eigenvalue weighted by atomic mass is 9.77. The molecule has 0 bridgehead atoms. The van der Waals surface area contributed by atoms with Crippen LogP contribution < -0.4 is 10.1 Å². The number of carbonyl (C=O) groups is 4. The van der Waals surface area contributed by atoms with Gasteiger partial charge >= 0.3 is 5.97 Å². The van der Waals surface area contributed by atoms with Crippen LogP contribution in [0.1, 0.15) is 79.2 Å². The smallest absolute Gasteiger partial charge is 0.307 e. The normalized spacial score (nSPS) is 22.8. The summed E-state index contributed by atoms with van der Waals surface area (Å²) in [6.45, 7) is 14.6. The lowest BCUT2D eigenvalue weighted by Crippen LogP contribution is -2.55. The second kappa shape index (κ2) is 15.1. The van der Waals surface area contributed by atoms with Crippen LogP contribution in [0.25, 0.3) is 22.0 Å². The largest absolute Gasteiger partial charge is 0.472 e. The molecule has 1 N–H and O–H groups in total. The number of sulfone groups is 1. The number of pyridine rings is 1. The second-order valence-corrected chi connectivity index (χ2v) is 19.6. The van der Waals surface area contributed by atoms with E-state index < -0.39 is 84.9 Å². The summed E-state index contributed by atoms with van der Waals surface area (Å²) in [4.78, 5) is 62.3. The Morgan fingerprint density at radius 2 is 1.75 bits per heavy atom. The number of ether oxygens (including phenoxy) is 2. The van der Waals surface area contributed by atoms with Crippen LogP contribution in [-0.2, 0) is 33.8 Å². The number of fused-ring (bicyclic) bond motifs is 1. The molecule has 3 aliphatic rings. The van der Waals surface area contributed by atoms with E-state index >= 15 is 0 Å². The zero-order valence-electron chi connectivity index (χ0n) is 32.8. The molecular weight excluding hydrogens is 733 g/mol. The highest BCUT2D eigenvalue weighted by Gasteiger charge is 2.61. The van der Waals surface area contributed by atoms with Gasteiger partial charge in [0.1, 0.15) is 29.0 Å². The Labute approximate surface area is 328 Å². The number of ketones is 1. The summed E-state index contributed by atoms with van der Waals surface area (Å²) in [6, 6.07) is 17.5. The molecule has 6 rings (SSSR count). The molecule has 56 heavy (non-hydrogen) atoms. The van der Waals surface area contributed by atoms with Gasteiger partial charge in [-0.25, -0.2) is 13.4 Å². The van der Waals surface area contributed by atoms with Gasteiger partial charge in [0.25, 0.3) is 0 Å². The highest BCUT2D eigenvalue weighted by molar-refractivity contribution is 7.93. The van der Waals surface area contributed by atoms with E-state index in [9.17, 15) is 32.9 Å². The van der Waals surface area contributed by atoms with Gasteiger partial charge in [0.05, 0.1) is 41.5 Å². The van der Waals surface area contributed by atoms with E-state index in [2.05, 4.69) is 18.0 Å². The van der Waals surface area contributed by atoms with E-state index in [1.807, 2.05) is 51.1 Å². The fourth-order valence-electron chi connectivity index (χ4n) is 7.43. The molecule has 5 atom stereocenters.